The minimum Gasteiger partial charge on any atom is -0.366 e. The third kappa shape index (κ3) is 3.32. The van der Waals surface area contributed by atoms with Gasteiger partial charge in [-0.3, -0.25) is 4.98 Å². The molecule has 100 valence electrons. The van der Waals surface area contributed by atoms with Gasteiger partial charge in [0.15, 0.2) is 0 Å². The summed E-state index contributed by atoms with van der Waals surface area (Å²) in [7, 11) is 0. The maximum absolute atomic E-state index is 5.86. The van der Waals surface area contributed by atoms with E-state index in [4.69, 9.17) is 5.73 Å². The van der Waals surface area contributed by atoms with Crippen LogP contribution in [0, 0.1) is 6.92 Å². The molecule has 0 amide bonds. The molecule has 0 atom stereocenters. The van der Waals surface area contributed by atoms with Crippen molar-refractivity contribution in [3.05, 3.63) is 59.4 Å². The second-order valence-electron chi connectivity index (χ2n) is 4.67. The smallest absolute Gasteiger partial charge is 0.0602 e. The van der Waals surface area contributed by atoms with Gasteiger partial charge in [0.25, 0.3) is 0 Å². The predicted octanol–water partition coefficient (Wildman–Crippen LogP) is 2.88. The SMILES string of the molecule is CCN(Cc1ccccn1)c1ccc(C)cc1CN. The fourth-order valence-electron chi connectivity index (χ4n) is 2.24. The molecule has 0 fully saturated rings. The van der Waals surface area contributed by atoms with Crippen LogP contribution in [-0.4, -0.2) is 11.5 Å². The van der Waals surface area contributed by atoms with Crippen LogP contribution in [0.4, 0.5) is 5.69 Å². The van der Waals surface area contributed by atoms with E-state index in [1.807, 2.05) is 18.3 Å². The third-order valence-electron chi connectivity index (χ3n) is 3.26. The Morgan fingerprint density at radius 3 is 2.68 bits per heavy atom. The lowest BCUT2D eigenvalue weighted by Gasteiger charge is -2.25. The summed E-state index contributed by atoms with van der Waals surface area (Å²) in [5.74, 6) is 0. The summed E-state index contributed by atoms with van der Waals surface area (Å²) < 4.78 is 0. The van der Waals surface area contributed by atoms with Crippen molar-refractivity contribution in [2.24, 2.45) is 5.73 Å². The summed E-state index contributed by atoms with van der Waals surface area (Å²) in [6, 6.07) is 12.5. The van der Waals surface area contributed by atoms with Crippen LogP contribution in [0.3, 0.4) is 0 Å². The maximum atomic E-state index is 5.86. The maximum Gasteiger partial charge on any atom is 0.0602 e. The van der Waals surface area contributed by atoms with Crippen molar-refractivity contribution in [2.75, 3.05) is 11.4 Å². The lowest BCUT2D eigenvalue weighted by atomic mass is 10.1. The number of rotatable bonds is 5. The second kappa shape index (κ2) is 6.34. The summed E-state index contributed by atoms with van der Waals surface area (Å²) in [4.78, 5) is 6.70. The van der Waals surface area contributed by atoms with Crippen LogP contribution in [-0.2, 0) is 13.1 Å². The number of pyridine rings is 1. The Kier molecular flexibility index (Phi) is 4.53. The number of hydrogen-bond donors (Lipinski definition) is 1. The second-order valence-corrected chi connectivity index (χ2v) is 4.67. The van der Waals surface area contributed by atoms with E-state index in [-0.39, 0.29) is 0 Å². The van der Waals surface area contributed by atoms with Gasteiger partial charge in [0.05, 0.1) is 12.2 Å². The van der Waals surface area contributed by atoms with Gasteiger partial charge in [-0.1, -0.05) is 23.8 Å². The van der Waals surface area contributed by atoms with Crippen molar-refractivity contribution >= 4 is 5.69 Å². The van der Waals surface area contributed by atoms with Crippen LogP contribution in [0.1, 0.15) is 23.7 Å². The van der Waals surface area contributed by atoms with Gasteiger partial charge in [-0.15, -0.1) is 0 Å². The van der Waals surface area contributed by atoms with Crippen LogP contribution in [0.5, 0.6) is 0 Å². The molecule has 2 aromatic rings. The van der Waals surface area contributed by atoms with E-state index in [0.29, 0.717) is 6.54 Å². The first-order valence-corrected chi connectivity index (χ1v) is 6.69. The van der Waals surface area contributed by atoms with Crippen LogP contribution < -0.4 is 10.6 Å². The summed E-state index contributed by atoms with van der Waals surface area (Å²) in [5.41, 5.74) is 10.6. The van der Waals surface area contributed by atoms with E-state index in [1.165, 1.54) is 16.8 Å². The average Bonchev–Trinajstić information content (AvgIpc) is 2.46. The van der Waals surface area contributed by atoms with E-state index in [0.717, 1.165) is 18.8 Å². The highest BCUT2D eigenvalue weighted by atomic mass is 15.1. The lowest BCUT2D eigenvalue weighted by Crippen LogP contribution is -2.24. The molecule has 1 heterocycles. The Bertz CT molecular complexity index is 523. The van der Waals surface area contributed by atoms with Crippen LogP contribution in [0.25, 0.3) is 0 Å². The van der Waals surface area contributed by atoms with Crippen molar-refractivity contribution in [2.45, 2.75) is 26.9 Å². The summed E-state index contributed by atoms with van der Waals surface area (Å²) in [6.07, 6.45) is 1.84. The molecule has 0 saturated carbocycles. The number of nitrogens with two attached hydrogens (primary N) is 1. The molecule has 3 heteroatoms. The minimum absolute atomic E-state index is 0.565. The largest absolute Gasteiger partial charge is 0.366 e. The van der Waals surface area contributed by atoms with Gasteiger partial charge in [-0.25, -0.2) is 0 Å². The molecule has 3 nitrogen and oxygen atoms in total. The van der Waals surface area contributed by atoms with Gasteiger partial charge in [-0.2, -0.15) is 0 Å². The quantitative estimate of drug-likeness (QED) is 0.893. The zero-order valence-corrected chi connectivity index (χ0v) is 11.6. The molecule has 2 rings (SSSR count). The van der Waals surface area contributed by atoms with E-state index < -0.39 is 0 Å². The Morgan fingerprint density at radius 1 is 1.21 bits per heavy atom. The Labute approximate surface area is 115 Å². The predicted molar refractivity (Wildman–Crippen MR) is 80.0 cm³/mol. The first-order valence-electron chi connectivity index (χ1n) is 6.69. The highest BCUT2D eigenvalue weighted by Crippen LogP contribution is 2.23. The standard InChI is InChI=1S/C16H21N3/c1-3-19(12-15-6-4-5-9-18-15)16-8-7-13(2)10-14(16)11-17/h4-10H,3,11-12,17H2,1-2H3. The molecule has 0 spiro atoms. The van der Waals surface area contributed by atoms with Crippen LogP contribution >= 0.6 is 0 Å². The fraction of sp³-hybridized carbons (Fsp3) is 0.312. The molecule has 2 N–H and O–H groups in total. The van der Waals surface area contributed by atoms with Gasteiger partial charge in [-0.05, 0) is 37.6 Å². The van der Waals surface area contributed by atoms with E-state index >= 15 is 0 Å². The van der Waals surface area contributed by atoms with Crippen molar-refractivity contribution in [1.82, 2.24) is 4.98 Å². The average molecular weight is 255 g/mol. The first-order chi connectivity index (χ1) is 9.24. The van der Waals surface area contributed by atoms with Gasteiger partial charge in [0, 0.05) is 25.0 Å². The Morgan fingerprint density at radius 2 is 2.05 bits per heavy atom. The number of hydrogen-bond acceptors (Lipinski definition) is 3. The summed E-state index contributed by atoms with van der Waals surface area (Å²) >= 11 is 0. The molecule has 0 aliphatic heterocycles. The molecule has 0 bridgehead atoms. The number of nitrogens with zero attached hydrogens (tertiary/aromatic N) is 2. The van der Waals surface area contributed by atoms with E-state index in [9.17, 15) is 0 Å². The Hall–Kier alpha value is -1.87. The molecule has 1 aromatic carbocycles. The summed E-state index contributed by atoms with van der Waals surface area (Å²) in [5, 5.41) is 0. The molecule has 0 aliphatic rings. The van der Waals surface area contributed by atoms with Gasteiger partial charge in [0.2, 0.25) is 0 Å². The minimum atomic E-state index is 0.565. The molecule has 0 saturated heterocycles. The Balaban J connectivity index is 2.27. The number of benzene rings is 1. The van der Waals surface area contributed by atoms with Crippen molar-refractivity contribution in [3.8, 4) is 0 Å². The molecular weight excluding hydrogens is 234 g/mol. The lowest BCUT2D eigenvalue weighted by molar-refractivity contribution is 0.801. The van der Waals surface area contributed by atoms with Gasteiger partial charge in [0.1, 0.15) is 0 Å². The van der Waals surface area contributed by atoms with Crippen molar-refractivity contribution in [1.29, 1.82) is 0 Å². The van der Waals surface area contributed by atoms with Crippen molar-refractivity contribution in [3.63, 3.8) is 0 Å². The van der Waals surface area contributed by atoms with Crippen molar-refractivity contribution < 1.29 is 0 Å². The molecule has 0 aliphatic carbocycles. The molecule has 0 radical (unpaired) electrons. The van der Waals surface area contributed by atoms with Gasteiger partial charge >= 0.3 is 0 Å². The van der Waals surface area contributed by atoms with Crippen LogP contribution in [0.2, 0.25) is 0 Å². The zero-order valence-electron chi connectivity index (χ0n) is 11.6. The van der Waals surface area contributed by atoms with E-state index in [2.05, 4.69) is 48.0 Å². The zero-order chi connectivity index (χ0) is 13.7. The summed E-state index contributed by atoms with van der Waals surface area (Å²) in [6.45, 7) is 6.57. The normalized spacial score (nSPS) is 10.5. The van der Waals surface area contributed by atoms with E-state index in [1.54, 1.807) is 0 Å². The van der Waals surface area contributed by atoms with Gasteiger partial charge < -0.3 is 10.6 Å². The van der Waals surface area contributed by atoms with Crippen LogP contribution in [0.15, 0.2) is 42.6 Å². The highest BCUT2D eigenvalue weighted by Gasteiger charge is 2.10. The monoisotopic (exact) mass is 255 g/mol. The highest BCUT2D eigenvalue weighted by molar-refractivity contribution is 5.55. The third-order valence-corrected chi connectivity index (χ3v) is 3.26. The number of aromatic nitrogens is 1. The first kappa shape index (κ1) is 13.6. The fourth-order valence-corrected chi connectivity index (χ4v) is 2.24. The number of anilines is 1. The molecular formula is C16H21N3. The topological polar surface area (TPSA) is 42.2 Å². The molecule has 0 unspecified atom stereocenters. The molecule has 19 heavy (non-hydrogen) atoms. The molecule has 1 aromatic heterocycles. The number of aryl methyl sites for hydroxylation is 1.